The molecule has 0 saturated heterocycles. The maximum absolute atomic E-state index is 5.53. The molecule has 120 valence electrons. The maximum atomic E-state index is 5.53. The van der Waals surface area contributed by atoms with E-state index in [0.29, 0.717) is 0 Å². The second kappa shape index (κ2) is 5.57. The Labute approximate surface area is 140 Å². The van der Waals surface area contributed by atoms with Crippen molar-refractivity contribution in [3.63, 3.8) is 0 Å². The van der Waals surface area contributed by atoms with E-state index in [4.69, 9.17) is 9.73 Å². The van der Waals surface area contributed by atoms with Crippen LogP contribution < -0.4 is 0 Å². The minimum absolute atomic E-state index is 0.782. The molecule has 4 heteroatoms. The van der Waals surface area contributed by atoms with Gasteiger partial charge in [-0.1, -0.05) is 18.2 Å². The summed E-state index contributed by atoms with van der Waals surface area (Å²) in [5.41, 5.74) is 6.33. The van der Waals surface area contributed by atoms with Crippen LogP contribution in [0.3, 0.4) is 0 Å². The number of aryl methyl sites for hydroxylation is 2. The molecular formula is C20H19N3O. The third-order valence-electron chi connectivity index (χ3n) is 4.54. The Balaban J connectivity index is 1.85. The molecule has 3 heterocycles. The molecule has 0 bridgehead atoms. The van der Waals surface area contributed by atoms with Crippen molar-refractivity contribution in [2.24, 2.45) is 12.0 Å². The number of benzene rings is 1. The zero-order valence-electron chi connectivity index (χ0n) is 14.0. The molecule has 3 aromatic rings. The molecule has 1 aliphatic rings. The number of ether oxygens (including phenoxy) is 1. The number of hydrogen-bond acceptors (Lipinski definition) is 2. The average molecular weight is 317 g/mol. The highest BCUT2D eigenvalue weighted by Gasteiger charge is 2.18. The van der Waals surface area contributed by atoms with E-state index in [1.807, 2.05) is 24.4 Å². The third-order valence-corrected chi connectivity index (χ3v) is 4.54. The molecule has 0 fully saturated rings. The van der Waals surface area contributed by atoms with Gasteiger partial charge < -0.3 is 14.3 Å². The molecule has 1 N–H and O–H groups in total. The summed E-state index contributed by atoms with van der Waals surface area (Å²) in [6, 6.07) is 12.4. The number of methoxy groups -OCH3 is 1. The summed E-state index contributed by atoms with van der Waals surface area (Å²) in [6.45, 7) is 2.15. The number of fused-ring (bicyclic) bond motifs is 1. The molecule has 1 aliphatic heterocycles. The lowest BCUT2D eigenvalue weighted by Crippen LogP contribution is -1.93. The Morgan fingerprint density at radius 1 is 1.17 bits per heavy atom. The highest BCUT2D eigenvalue weighted by atomic mass is 16.5. The summed E-state index contributed by atoms with van der Waals surface area (Å²) in [5, 5.41) is 1.27. The minimum atomic E-state index is 0.782. The summed E-state index contributed by atoms with van der Waals surface area (Å²) in [5.74, 6) is 0.782. The lowest BCUT2D eigenvalue weighted by molar-refractivity contribution is 0.303. The van der Waals surface area contributed by atoms with Gasteiger partial charge in [-0.25, -0.2) is 4.99 Å². The van der Waals surface area contributed by atoms with Crippen LogP contribution in [-0.2, 0) is 11.8 Å². The number of nitrogens with zero attached hydrogens (tertiary/aromatic N) is 2. The van der Waals surface area contributed by atoms with Crippen molar-refractivity contribution in [2.75, 3.05) is 7.11 Å². The van der Waals surface area contributed by atoms with Gasteiger partial charge in [-0.15, -0.1) is 0 Å². The van der Waals surface area contributed by atoms with E-state index in [9.17, 15) is 0 Å². The van der Waals surface area contributed by atoms with Gasteiger partial charge in [0, 0.05) is 35.9 Å². The summed E-state index contributed by atoms with van der Waals surface area (Å²) in [4.78, 5) is 7.94. The smallest absolute Gasteiger partial charge is 0.146 e. The van der Waals surface area contributed by atoms with E-state index in [2.05, 4.69) is 53.9 Å². The number of allylic oxidation sites excluding steroid dienone is 1. The molecule has 0 aliphatic carbocycles. The van der Waals surface area contributed by atoms with Gasteiger partial charge in [-0.05, 0) is 36.8 Å². The van der Waals surface area contributed by atoms with Gasteiger partial charge >= 0.3 is 0 Å². The predicted molar refractivity (Wildman–Crippen MR) is 98.1 cm³/mol. The van der Waals surface area contributed by atoms with Gasteiger partial charge in [0.15, 0.2) is 0 Å². The Kier molecular flexibility index (Phi) is 3.38. The lowest BCUT2D eigenvalue weighted by atomic mass is 10.1. The SMILES string of the molecule is COC1=CC(c2ccc[nH]2)=NC1=Cc1c(C)c2ccccc2n1C. The van der Waals surface area contributed by atoms with Crippen molar-refractivity contribution in [3.05, 3.63) is 77.1 Å². The first-order chi connectivity index (χ1) is 11.7. The normalized spacial score (nSPS) is 15.9. The number of rotatable bonds is 3. The summed E-state index contributed by atoms with van der Waals surface area (Å²) >= 11 is 0. The van der Waals surface area contributed by atoms with E-state index in [1.54, 1.807) is 7.11 Å². The van der Waals surface area contributed by atoms with E-state index >= 15 is 0 Å². The van der Waals surface area contributed by atoms with Crippen molar-refractivity contribution < 1.29 is 4.74 Å². The monoisotopic (exact) mass is 317 g/mol. The van der Waals surface area contributed by atoms with E-state index < -0.39 is 0 Å². The highest BCUT2D eigenvalue weighted by molar-refractivity contribution is 6.11. The average Bonchev–Trinajstić information content (AvgIpc) is 3.31. The van der Waals surface area contributed by atoms with Gasteiger partial charge in [0.2, 0.25) is 0 Å². The van der Waals surface area contributed by atoms with Crippen molar-refractivity contribution in [1.29, 1.82) is 0 Å². The molecule has 0 spiro atoms. The van der Waals surface area contributed by atoms with Crippen LogP contribution in [0.15, 0.2) is 65.1 Å². The maximum Gasteiger partial charge on any atom is 0.146 e. The van der Waals surface area contributed by atoms with Gasteiger partial charge in [0.25, 0.3) is 0 Å². The van der Waals surface area contributed by atoms with Gasteiger partial charge in [-0.3, -0.25) is 0 Å². The van der Waals surface area contributed by atoms with Crippen LogP contribution in [0.4, 0.5) is 0 Å². The van der Waals surface area contributed by atoms with Crippen molar-refractivity contribution >= 4 is 22.7 Å². The van der Waals surface area contributed by atoms with Crippen LogP contribution in [0.1, 0.15) is 17.0 Å². The molecule has 0 radical (unpaired) electrons. The number of para-hydroxylation sites is 1. The number of aliphatic imine (C=N–C) groups is 1. The fraction of sp³-hybridized carbons (Fsp3) is 0.150. The number of nitrogens with one attached hydrogen (secondary N) is 1. The van der Waals surface area contributed by atoms with Crippen LogP contribution >= 0.6 is 0 Å². The Bertz CT molecular complexity index is 962. The Morgan fingerprint density at radius 2 is 2.00 bits per heavy atom. The second-order valence-electron chi connectivity index (χ2n) is 5.91. The molecule has 1 aromatic carbocycles. The topological polar surface area (TPSA) is 42.3 Å². The standard InChI is InChI=1S/C20H19N3O/c1-13-14-7-4-5-9-18(14)23(2)19(13)11-17-20(24-3)12-16(22-17)15-8-6-10-21-15/h4-12,21H,1-3H3. The zero-order valence-corrected chi connectivity index (χ0v) is 14.0. The van der Waals surface area contributed by atoms with E-state index in [0.717, 1.165) is 28.6 Å². The van der Waals surface area contributed by atoms with Gasteiger partial charge in [0.1, 0.15) is 11.5 Å². The van der Waals surface area contributed by atoms with Crippen molar-refractivity contribution in [3.8, 4) is 0 Å². The minimum Gasteiger partial charge on any atom is -0.494 e. The molecular weight excluding hydrogens is 298 g/mol. The van der Waals surface area contributed by atoms with E-state index in [-0.39, 0.29) is 0 Å². The fourth-order valence-electron chi connectivity index (χ4n) is 3.25. The quantitative estimate of drug-likeness (QED) is 0.773. The van der Waals surface area contributed by atoms with Crippen LogP contribution in [0, 0.1) is 6.92 Å². The van der Waals surface area contributed by atoms with Gasteiger partial charge in [-0.2, -0.15) is 0 Å². The number of aromatic nitrogens is 2. The molecule has 24 heavy (non-hydrogen) atoms. The molecule has 0 atom stereocenters. The molecule has 0 amide bonds. The van der Waals surface area contributed by atoms with E-state index in [1.165, 1.54) is 16.5 Å². The number of aromatic amines is 1. The van der Waals surface area contributed by atoms with Crippen LogP contribution in [-0.4, -0.2) is 22.4 Å². The summed E-state index contributed by atoms with van der Waals surface area (Å²) < 4.78 is 7.73. The molecule has 0 unspecified atom stereocenters. The summed E-state index contributed by atoms with van der Waals surface area (Å²) in [7, 11) is 3.77. The number of H-pyrrole nitrogens is 1. The second-order valence-corrected chi connectivity index (χ2v) is 5.91. The fourth-order valence-corrected chi connectivity index (χ4v) is 3.25. The first-order valence-corrected chi connectivity index (χ1v) is 7.93. The van der Waals surface area contributed by atoms with Gasteiger partial charge in [0.05, 0.1) is 18.5 Å². The first-order valence-electron chi connectivity index (χ1n) is 7.93. The van der Waals surface area contributed by atoms with Crippen molar-refractivity contribution in [2.45, 2.75) is 6.92 Å². The molecule has 0 saturated carbocycles. The Morgan fingerprint density at radius 3 is 2.71 bits per heavy atom. The third kappa shape index (κ3) is 2.19. The predicted octanol–water partition coefficient (Wildman–Crippen LogP) is 4.19. The number of hydrogen-bond donors (Lipinski definition) is 1. The van der Waals surface area contributed by atoms with Crippen molar-refractivity contribution in [1.82, 2.24) is 9.55 Å². The molecule has 4 nitrogen and oxygen atoms in total. The Hall–Kier alpha value is -3.01. The highest BCUT2D eigenvalue weighted by Crippen LogP contribution is 2.30. The first kappa shape index (κ1) is 14.6. The molecule has 2 aromatic heterocycles. The largest absolute Gasteiger partial charge is 0.494 e. The summed E-state index contributed by atoms with van der Waals surface area (Å²) in [6.07, 6.45) is 5.96. The van der Waals surface area contributed by atoms with Crippen LogP contribution in [0.25, 0.3) is 17.0 Å². The molecule has 4 rings (SSSR count). The lowest BCUT2D eigenvalue weighted by Gasteiger charge is -2.04. The van der Waals surface area contributed by atoms with Crippen LogP contribution in [0.2, 0.25) is 0 Å². The van der Waals surface area contributed by atoms with Crippen LogP contribution in [0.5, 0.6) is 0 Å². The zero-order chi connectivity index (χ0) is 16.7.